The molecule has 1 saturated heterocycles. The van der Waals surface area contributed by atoms with E-state index in [-0.39, 0.29) is 0 Å². The fourth-order valence-electron chi connectivity index (χ4n) is 3.27. The number of hydrogen-bond acceptors (Lipinski definition) is 3. The summed E-state index contributed by atoms with van der Waals surface area (Å²) in [6, 6.07) is 8.57. The lowest BCUT2D eigenvalue weighted by molar-refractivity contribution is 0.282. The molecule has 3 rings (SSSR count). The molecule has 2 heterocycles. The van der Waals surface area contributed by atoms with Crippen LogP contribution in [0.15, 0.2) is 36.7 Å². The van der Waals surface area contributed by atoms with Gasteiger partial charge in [0.1, 0.15) is 0 Å². The van der Waals surface area contributed by atoms with Crippen LogP contribution < -0.4 is 5.32 Å². The van der Waals surface area contributed by atoms with Crippen molar-refractivity contribution in [2.45, 2.75) is 26.3 Å². The van der Waals surface area contributed by atoms with Crippen molar-refractivity contribution in [2.75, 3.05) is 26.2 Å². The minimum atomic E-state index is 0.708. The van der Waals surface area contributed by atoms with E-state index < -0.39 is 0 Å². The molecule has 0 radical (unpaired) electrons. The Morgan fingerprint density at radius 1 is 1.24 bits per heavy atom. The molecule has 1 aliphatic rings. The lowest BCUT2D eigenvalue weighted by atomic mass is 10.1. The second-order valence-electron chi connectivity index (χ2n) is 6.26. The first-order valence-corrected chi connectivity index (χ1v) is 8.07. The van der Waals surface area contributed by atoms with Gasteiger partial charge in [-0.25, -0.2) is 0 Å². The van der Waals surface area contributed by atoms with Gasteiger partial charge in [0.05, 0.1) is 0 Å². The summed E-state index contributed by atoms with van der Waals surface area (Å²) in [5, 5.41) is 6.16. The predicted molar refractivity (Wildman–Crippen MR) is 88.3 cm³/mol. The number of pyridine rings is 1. The summed E-state index contributed by atoms with van der Waals surface area (Å²) in [5.74, 6) is 0.708. The molecular formula is C18H25N3. The normalized spacial score (nSPS) is 17.4. The SMILES string of the molecule is CC(CNCc1cccc2cnccc12)CN1CCCC1. The van der Waals surface area contributed by atoms with E-state index in [9.17, 15) is 0 Å². The molecule has 0 amide bonds. The highest BCUT2D eigenvalue weighted by Gasteiger charge is 2.14. The van der Waals surface area contributed by atoms with Crippen LogP contribution in [0.4, 0.5) is 0 Å². The van der Waals surface area contributed by atoms with Crippen molar-refractivity contribution in [3.63, 3.8) is 0 Å². The zero-order chi connectivity index (χ0) is 14.5. The fraction of sp³-hybridized carbons (Fsp3) is 0.500. The molecule has 21 heavy (non-hydrogen) atoms. The third-order valence-corrected chi connectivity index (χ3v) is 4.35. The Labute approximate surface area is 127 Å². The van der Waals surface area contributed by atoms with Crippen LogP contribution in [0.25, 0.3) is 10.8 Å². The number of likely N-dealkylation sites (tertiary alicyclic amines) is 1. The van der Waals surface area contributed by atoms with E-state index in [4.69, 9.17) is 0 Å². The van der Waals surface area contributed by atoms with E-state index in [2.05, 4.69) is 46.4 Å². The second-order valence-corrected chi connectivity index (χ2v) is 6.26. The third-order valence-electron chi connectivity index (χ3n) is 4.35. The molecule has 1 N–H and O–H groups in total. The maximum Gasteiger partial charge on any atom is 0.0346 e. The van der Waals surface area contributed by atoms with Crippen molar-refractivity contribution < 1.29 is 0 Å². The molecule has 1 aromatic heterocycles. The van der Waals surface area contributed by atoms with E-state index >= 15 is 0 Å². The lowest BCUT2D eigenvalue weighted by Crippen LogP contribution is -2.31. The minimum absolute atomic E-state index is 0.708. The van der Waals surface area contributed by atoms with Gasteiger partial charge in [0.2, 0.25) is 0 Å². The third kappa shape index (κ3) is 3.80. The molecule has 3 nitrogen and oxygen atoms in total. The summed E-state index contributed by atoms with van der Waals surface area (Å²) in [4.78, 5) is 6.79. The van der Waals surface area contributed by atoms with Gasteiger partial charge in [0.25, 0.3) is 0 Å². The van der Waals surface area contributed by atoms with Crippen LogP contribution in [0.3, 0.4) is 0 Å². The first kappa shape index (κ1) is 14.5. The Balaban J connectivity index is 1.52. The summed E-state index contributed by atoms with van der Waals surface area (Å²) >= 11 is 0. The van der Waals surface area contributed by atoms with Gasteiger partial charge in [0, 0.05) is 30.9 Å². The first-order valence-electron chi connectivity index (χ1n) is 8.07. The van der Waals surface area contributed by atoms with Crippen LogP contribution in [0.5, 0.6) is 0 Å². The van der Waals surface area contributed by atoms with Crippen LogP contribution in [0.2, 0.25) is 0 Å². The van der Waals surface area contributed by atoms with Gasteiger partial charge in [0.15, 0.2) is 0 Å². The minimum Gasteiger partial charge on any atom is -0.312 e. The van der Waals surface area contributed by atoms with Crippen molar-refractivity contribution in [1.29, 1.82) is 0 Å². The summed E-state index contributed by atoms with van der Waals surface area (Å²) in [7, 11) is 0. The summed E-state index contributed by atoms with van der Waals surface area (Å²) in [6.07, 6.45) is 6.57. The molecule has 2 aromatic rings. The smallest absolute Gasteiger partial charge is 0.0346 e. The molecule has 112 valence electrons. The number of benzene rings is 1. The molecule has 1 unspecified atom stereocenters. The monoisotopic (exact) mass is 283 g/mol. The first-order chi connectivity index (χ1) is 10.3. The van der Waals surface area contributed by atoms with Crippen molar-refractivity contribution in [1.82, 2.24) is 15.2 Å². The van der Waals surface area contributed by atoms with E-state index in [0.29, 0.717) is 5.92 Å². The highest BCUT2D eigenvalue weighted by molar-refractivity contribution is 5.84. The zero-order valence-corrected chi connectivity index (χ0v) is 12.9. The fourth-order valence-corrected chi connectivity index (χ4v) is 3.27. The molecule has 0 aliphatic carbocycles. The number of fused-ring (bicyclic) bond motifs is 1. The zero-order valence-electron chi connectivity index (χ0n) is 12.9. The van der Waals surface area contributed by atoms with E-state index in [1.807, 2.05) is 12.4 Å². The van der Waals surface area contributed by atoms with Gasteiger partial charge in [-0.1, -0.05) is 25.1 Å². The lowest BCUT2D eigenvalue weighted by Gasteiger charge is -2.20. The van der Waals surface area contributed by atoms with Gasteiger partial charge < -0.3 is 10.2 Å². The summed E-state index contributed by atoms with van der Waals surface area (Å²) in [5.41, 5.74) is 1.36. The van der Waals surface area contributed by atoms with Crippen LogP contribution in [-0.4, -0.2) is 36.1 Å². The van der Waals surface area contributed by atoms with Crippen molar-refractivity contribution >= 4 is 10.8 Å². The Morgan fingerprint density at radius 2 is 2.10 bits per heavy atom. The Bertz CT molecular complexity index is 570. The molecule has 1 atom stereocenters. The molecule has 0 saturated carbocycles. The largest absolute Gasteiger partial charge is 0.312 e. The van der Waals surface area contributed by atoms with Gasteiger partial charge in [-0.05, 0) is 55.4 Å². The van der Waals surface area contributed by atoms with E-state index in [0.717, 1.165) is 13.1 Å². The number of hydrogen-bond donors (Lipinski definition) is 1. The van der Waals surface area contributed by atoms with Gasteiger partial charge >= 0.3 is 0 Å². The molecule has 3 heteroatoms. The topological polar surface area (TPSA) is 28.2 Å². The second kappa shape index (κ2) is 7.01. The highest BCUT2D eigenvalue weighted by Crippen LogP contribution is 2.17. The van der Waals surface area contributed by atoms with Gasteiger partial charge in [-0.15, -0.1) is 0 Å². The molecule has 1 aliphatic heterocycles. The maximum atomic E-state index is 4.19. The van der Waals surface area contributed by atoms with Crippen LogP contribution in [0.1, 0.15) is 25.3 Å². The Morgan fingerprint density at radius 3 is 2.95 bits per heavy atom. The number of nitrogens with zero attached hydrogens (tertiary/aromatic N) is 2. The van der Waals surface area contributed by atoms with Crippen molar-refractivity contribution in [2.24, 2.45) is 5.92 Å². The van der Waals surface area contributed by atoms with Crippen molar-refractivity contribution in [3.8, 4) is 0 Å². The standard InChI is InChI=1S/C18H25N3/c1-15(14-21-9-2-3-10-21)11-20-13-17-6-4-5-16-12-19-8-7-18(16)17/h4-8,12,15,20H,2-3,9-11,13-14H2,1H3. The Hall–Kier alpha value is -1.45. The maximum absolute atomic E-state index is 4.19. The molecule has 1 aromatic carbocycles. The molecule has 1 fully saturated rings. The van der Waals surface area contributed by atoms with Crippen molar-refractivity contribution in [3.05, 3.63) is 42.2 Å². The van der Waals surface area contributed by atoms with Crippen LogP contribution >= 0.6 is 0 Å². The molecule has 0 spiro atoms. The van der Waals surface area contributed by atoms with Gasteiger partial charge in [-0.2, -0.15) is 0 Å². The number of nitrogens with one attached hydrogen (secondary N) is 1. The number of rotatable bonds is 6. The van der Waals surface area contributed by atoms with E-state index in [1.54, 1.807) is 0 Å². The predicted octanol–water partition coefficient (Wildman–Crippen LogP) is 3.06. The summed E-state index contributed by atoms with van der Waals surface area (Å²) in [6.45, 7) is 8.18. The average molecular weight is 283 g/mol. The quantitative estimate of drug-likeness (QED) is 0.883. The molecule has 0 bridgehead atoms. The number of aromatic nitrogens is 1. The van der Waals surface area contributed by atoms with Gasteiger partial charge in [-0.3, -0.25) is 4.98 Å². The van der Waals surface area contributed by atoms with Crippen LogP contribution in [0, 0.1) is 5.92 Å². The van der Waals surface area contributed by atoms with Crippen LogP contribution in [-0.2, 0) is 6.54 Å². The van der Waals surface area contributed by atoms with E-state index in [1.165, 1.54) is 48.8 Å². The average Bonchev–Trinajstić information content (AvgIpc) is 3.00. The highest BCUT2D eigenvalue weighted by atomic mass is 15.1. The summed E-state index contributed by atoms with van der Waals surface area (Å²) < 4.78 is 0. The molecular weight excluding hydrogens is 258 g/mol. The Kier molecular flexibility index (Phi) is 4.84.